The van der Waals surface area contributed by atoms with Gasteiger partial charge in [-0.1, -0.05) is 70.2 Å². The van der Waals surface area contributed by atoms with Crippen LogP contribution in [-0.2, 0) is 30.4 Å². The first kappa shape index (κ1) is 25.7. The van der Waals surface area contributed by atoms with Crippen LogP contribution >= 0.6 is 0 Å². The van der Waals surface area contributed by atoms with Gasteiger partial charge >= 0.3 is 5.97 Å². The molecule has 1 aliphatic carbocycles. The number of hydrogen-bond donors (Lipinski definition) is 0. The Bertz CT molecular complexity index is 1000. The van der Waals surface area contributed by atoms with E-state index in [1.807, 2.05) is 25.1 Å². The average Bonchev–Trinajstić information content (AvgIpc) is 3.05. The van der Waals surface area contributed by atoms with Crippen LogP contribution in [0.2, 0.25) is 0 Å². The fourth-order valence-electron chi connectivity index (χ4n) is 7.72. The van der Waals surface area contributed by atoms with Gasteiger partial charge < -0.3 is 14.2 Å². The van der Waals surface area contributed by atoms with Crippen LogP contribution in [0.15, 0.2) is 42.5 Å². The highest BCUT2D eigenvalue weighted by molar-refractivity contribution is 6.07. The van der Waals surface area contributed by atoms with Gasteiger partial charge in [-0.2, -0.15) is 0 Å². The summed E-state index contributed by atoms with van der Waals surface area (Å²) in [5, 5.41) is 0. The summed E-state index contributed by atoms with van der Waals surface area (Å²) in [4.78, 5) is 27.3. The Hall–Kier alpha value is -1.98. The number of ether oxygens (including phenoxy) is 3. The molecule has 1 saturated carbocycles. The summed E-state index contributed by atoms with van der Waals surface area (Å²) < 4.78 is 19.4. The van der Waals surface area contributed by atoms with Crippen molar-refractivity contribution in [1.29, 1.82) is 0 Å². The SMILES string of the molecule is C[C@@H]1/C=C/C[C@H]2C[C@H](COCc3ccccc3)[C@@H](C)C[C@]23OC(=O)[C@@]2(C)C(=O)[C@@H](C)[C@H](O[C@H]23)[C@H](C)C1. The number of carbonyl (C=O) groups excluding carboxylic acids is 2. The minimum absolute atomic E-state index is 0.00273. The molecule has 5 heteroatoms. The molecule has 5 nitrogen and oxygen atoms in total. The first-order chi connectivity index (χ1) is 17.2. The van der Waals surface area contributed by atoms with Crippen LogP contribution < -0.4 is 0 Å². The van der Waals surface area contributed by atoms with Crippen LogP contribution in [0.3, 0.4) is 0 Å². The van der Waals surface area contributed by atoms with E-state index in [9.17, 15) is 9.59 Å². The van der Waals surface area contributed by atoms with Gasteiger partial charge in [0.2, 0.25) is 0 Å². The number of esters is 1. The molecule has 3 fully saturated rings. The van der Waals surface area contributed by atoms with Crippen LogP contribution in [-0.4, -0.2) is 36.2 Å². The Kier molecular flexibility index (Phi) is 6.93. The fourth-order valence-corrected chi connectivity index (χ4v) is 7.72. The van der Waals surface area contributed by atoms with Crippen molar-refractivity contribution in [2.24, 2.45) is 40.9 Å². The van der Waals surface area contributed by atoms with Crippen molar-refractivity contribution in [2.45, 2.75) is 84.7 Å². The van der Waals surface area contributed by atoms with Crippen LogP contribution in [0, 0.1) is 40.9 Å². The van der Waals surface area contributed by atoms with Gasteiger partial charge in [-0.15, -0.1) is 0 Å². The number of fused-ring (bicyclic) bond motifs is 1. The van der Waals surface area contributed by atoms with Crippen molar-refractivity contribution in [3.8, 4) is 0 Å². The van der Waals surface area contributed by atoms with Crippen molar-refractivity contribution in [1.82, 2.24) is 0 Å². The molecule has 3 heterocycles. The Morgan fingerprint density at radius 3 is 2.53 bits per heavy atom. The number of benzene rings is 1. The van der Waals surface area contributed by atoms with E-state index in [1.54, 1.807) is 6.92 Å². The Morgan fingerprint density at radius 2 is 1.78 bits per heavy atom. The number of ketones is 1. The maximum Gasteiger partial charge on any atom is 0.322 e. The standard InChI is InChI=1S/C31H42O5/c1-19-10-9-13-25-15-24(18-34-17-23-11-7-6-8-12-23)21(3)16-31(25)28-30(5,29(33)36-31)27(32)22(4)26(35-28)20(2)14-19/h6-12,19-22,24-26,28H,13-18H2,1-5H3/b10-9+/t19-,20-,21+,22+,24-,25+,26-,28-,30+,31+/m1/s1. The molecular weight excluding hydrogens is 452 g/mol. The molecule has 1 aromatic rings. The van der Waals surface area contributed by atoms with Gasteiger partial charge in [-0.25, -0.2) is 0 Å². The normalized spacial score (nSPS) is 45.4. The summed E-state index contributed by atoms with van der Waals surface area (Å²) in [6.07, 6.45) is 7.23. The summed E-state index contributed by atoms with van der Waals surface area (Å²) >= 11 is 0. The van der Waals surface area contributed by atoms with Gasteiger partial charge in [0, 0.05) is 11.8 Å². The smallest absolute Gasteiger partial charge is 0.322 e. The monoisotopic (exact) mass is 494 g/mol. The predicted octanol–water partition coefficient (Wildman–Crippen LogP) is 5.76. The van der Waals surface area contributed by atoms with Gasteiger partial charge in [0.05, 0.1) is 19.3 Å². The van der Waals surface area contributed by atoms with Gasteiger partial charge in [-0.3, -0.25) is 9.59 Å². The van der Waals surface area contributed by atoms with E-state index in [1.165, 1.54) is 5.56 Å². The predicted molar refractivity (Wildman–Crippen MR) is 138 cm³/mol. The zero-order valence-corrected chi connectivity index (χ0v) is 22.4. The Balaban J connectivity index is 1.45. The Morgan fingerprint density at radius 1 is 1.03 bits per heavy atom. The molecule has 0 aromatic heterocycles. The summed E-state index contributed by atoms with van der Waals surface area (Å²) in [7, 11) is 0. The van der Waals surface area contributed by atoms with E-state index in [2.05, 4.69) is 45.1 Å². The molecule has 0 unspecified atom stereocenters. The van der Waals surface area contributed by atoms with Crippen LogP contribution in [0.25, 0.3) is 0 Å². The zero-order valence-electron chi connectivity index (χ0n) is 22.4. The lowest BCUT2D eigenvalue weighted by Crippen LogP contribution is -2.63. The minimum Gasteiger partial charge on any atom is -0.455 e. The largest absolute Gasteiger partial charge is 0.455 e. The fraction of sp³-hybridized carbons (Fsp3) is 0.677. The highest BCUT2D eigenvalue weighted by Gasteiger charge is 2.73. The highest BCUT2D eigenvalue weighted by atomic mass is 16.6. The molecule has 4 aliphatic rings. The first-order valence-electron chi connectivity index (χ1n) is 13.9. The number of hydrogen-bond acceptors (Lipinski definition) is 5. The van der Waals surface area contributed by atoms with E-state index in [0.29, 0.717) is 31.5 Å². The third-order valence-corrected chi connectivity index (χ3v) is 9.74. The molecule has 2 bridgehead atoms. The maximum absolute atomic E-state index is 13.8. The first-order valence-corrected chi connectivity index (χ1v) is 13.9. The summed E-state index contributed by atoms with van der Waals surface area (Å²) in [5.41, 5.74) is -0.825. The third-order valence-electron chi connectivity index (χ3n) is 9.74. The van der Waals surface area contributed by atoms with Crippen molar-refractivity contribution in [3.05, 3.63) is 48.0 Å². The van der Waals surface area contributed by atoms with Crippen LogP contribution in [0.1, 0.15) is 65.9 Å². The Labute approximate surface area is 216 Å². The lowest BCUT2D eigenvalue weighted by atomic mass is 9.58. The number of rotatable bonds is 4. The van der Waals surface area contributed by atoms with E-state index in [4.69, 9.17) is 14.2 Å². The molecule has 3 aliphatic heterocycles. The molecule has 5 rings (SSSR count). The number of allylic oxidation sites excluding steroid dienone is 2. The second-order valence-electron chi connectivity index (χ2n) is 12.4. The summed E-state index contributed by atoms with van der Waals surface area (Å²) in [5.74, 6) is 0.652. The molecule has 196 valence electrons. The third kappa shape index (κ3) is 4.16. The minimum atomic E-state index is -1.23. The van der Waals surface area contributed by atoms with E-state index < -0.39 is 17.1 Å². The lowest BCUT2D eigenvalue weighted by Gasteiger charge is -2.52. The lowest BCUT2D eigenvalue weighted by molar-refractivity contribution is -0.212. The van der Waals surface area contributed by atoms with E-state index in [-0.39, 0.29) is 41.5 Å². The summed E-state index contributed by atoms with van der Waals surface area (Å²) in [6.45, 7) is 11.7. The topological polar surface area (TPSA) is 61.8 Å². The molecule has 36 heavy (non-hydrogen) atoms. The summed E-state index contributed by atoms with van der Waals surface area (Å²) in [6, 6.07) is 10.3. The van der Waals surface area contributed by atoms with Gasteiger partial charge in [0.15, 0.2) is 11.2 Å². The van der Waals surface area contributed by atoms with Gasteiger partial charge in [0.25, 0.3) is 0 Å². The second-order valence-corrected chi connectivity index (χ2v) is 12.4. The van der Waals surface area contributed by atoms with Crippen LogP contribution in [0.5, 0.6) is 0 Å². The molecule has 1 spiro atoms. The maximum atomic E-state index is 13.8. The van der Waals surface area contributed by atoms with Gasteiger partial charge in [0.1, 0.15) is 11.7 Å². The molecule has 1 aromatic carbocycles. The average molecular weight is 495 g/mol. The highest BCUT2D eigenvalue weighted by Crippen LogP contribution is 2.59. The van der Waals surface area contributed by atoms with Gasteiger partial charge in [-0.05, 0) is 61.8 Å². The quantitative estimate of drug-likeness (QED) is 0.302. The van der Waals surface area contributed by atoms with Crippen molar-refractivity contribution >= 4 is 11.8 Å². The molecule has 0 N–H and O–H groups in total. The number of carbonyl (C=O) groups is 2. The zero-order chi connectivity index (χ0) is 25.7. The number of Topliss-reactive ketones (excluding diaryl/α,β-unsaturated/α-hetero) is 1. The van der Waals surface area contributed by atoms with Crippen molar-refractivity contribution in [2.75, 3.05) is 6.61 Å². The van der Waals surface area contributed by atoms with E-state index >= 15 is 0 Å². The molecule has 0 amide bonds. The second kappa shape index (κ2) is 9.72. The molecule has 2 saturated heterocycles. The van der Waals surface area contributed by atoms with Crippen molar-refractivity contribution < 1.29 is 23.8 Å². The van der Waals surface area contributed by atoms with E-state index in [0.717, 1.165) is 19.3 Å². The van der Waals surface area contributed by atoms with Crippen LogP contribution in [0.4, 0.5) is 0 Å². The molecule has 0 radical (unpaired) electrons. The molecular formula is C31H42O5. The van der Waals surface area contributed by atoms with Crippen molar-refractivity contribution in [3.63, 3.8) is 0 Å². The molecule has 10 atom stereocenters.